The molecule has 0 aliphatic rings. The zero-order valence-electron chi connectivity index (χ0n) is 6.65. The van der Waals surface area contributed by atoms with E-state index >= 15 is 0 Å². The largest absolute Gasteiger partial charge is 0.480 e. The van der Waals surface area contributed by atoms with Crippen molar-refractivity contribution >= 4 is 17.3 Å². The highest BCUT2D eigenvalue weighted by Crippen LogP contribution is 2.12. The Morgan fingerprint density at radius 1 is 1.92 bits per heavy atom. The van der Waals surface area contributed by atoms with Gasteiger partial charge in [-0.2, -0.15) is 0 Å². The van der Waals surface area contributed by atoms with Crippen molar-refractivity contribution in [3.05, 3.63) is 16.1 Å². The van der Waals surface area contributed by atoms with E-state index in [0.29, 0.717) is 6.42 Å². The summed E-state index contributed by atoms with van der Waals surface area (Å²) < 4.78 is 0. The molecule has 0 fully saturated rings. The summed E-state index contributed by atoms with van der Waals surface area (Å²) in [7, 11) is 0. The summed E-state index contributed by atoms with van der Waals surface area (Å²) in [5, 5.41) is 9.44. The Morgan fingerprint density at radius 3 is 3.00 bits per heavy atom. The second kappa shape index (κ2) is 3.64. The smallest absolute Gasteiger partial charge is 0.320 e. The van der Waals surface area contributed by atoms with Crippen molar-refractivity contribution in [1.29, 1.82) is 0 Å². The van der Waals surface area contributed by atoms with Crippen LogP contribution in [0.1, 0.15) is 9.88 Å². The highest BCUT2D eigenvalue weighted by Gasteiger charge is 2.13. The van der Waals surface area contributed by atoms with E-state index in [1.54, 1.807) is 6.20 Å². The number of aryl methyl sites for hydroxylation is 1. The van der Waals surface area contributed by atoms with Gasteiger partial charge in [-0.05, 0) is 6.92 Å². The van der Waals surface area contributed by atoms with Crippen LogP contribution >= 0.6 is 11.3 Å². The fourth-order valence-corrected chi connectivity index (χ4v) is 1.66. The van der Waals surface area contributed by atoms with E-state index in [2.05, 4.69) is 4.98 Å². The predicted molar refractivity (Wildman–Crippen MR) is 46.2 cm³/mol. The van der Waals surface area contributed by atoms with Gasteiger partial charge in [-0.25, -0.2) is 4.98 Å². The Kier molecular flexibility index (Phi) is 2.78. The predicted octanol–water partition coefficient (Wildman–Crippen LogP) is 0.406. The van der Waals surface area contributed by atoms with Gasteiger partial charge in [0.1, 0.15) is 6.04 Å². The summed E-state index contributed by atoms with van der Waals surface area (Å²) in [6.45, 7) is 1.88. The van der Waals surface area contributed by atoms with Gasteiger partial charge in [0, 0.05) is 17.5 Å². The van der Waals surface area contributed by atoms with Crippen LogP contribution in [0.25, 0.3) is 0 Å². The molecule has 0 radical (unpaired) electrons. The number of aliphatic carboxylic acids is 1. The minimum Gasteiger partial charge on any atom is -0.480 e. The number of hydrogen-bond donors (Lipinski definition) is 2. The van der Waals surface area contributed by atoms with Crippen LogP contribution in [0.2, 0.25) is 0 Å². The molecule has 12 heavy (non-hydrogen) atoms. The molecule has 0 aliphatic carbocycles. The number of carboxylic acid groups (broad SMARTS) is 1. The lowest BCUT2D eigenvalue weighted by atomic mass is 10.2. The topological polar surface area (TPSA) is 76.2 Å². The molecule has 3 N–H and O–H groups in total. The highest BCUT2D eigenvalue weighted by atomic mass is 32.1. The van der Waals surface area contributed by atoms with Crippen molar-refractivity contribution in [1.82, 2.24) is 4.98 Å². The van der Waals surface area contributed by atoms with E-state index in [1.165, 1.54) is 11.3 Å². The van der Waals surface area contributed by atoms with Crippen molar-refractivity contribution in [2.75, 3.05) is 0 Å². The number of nitrogens with zero attached hydrogens (tertiary/aromatic N) is 1. The van der Waals surface area contributed by atoms with Gasteiger partial charge < -0.3 is 10.8 Å². The molecule has 5 heteroatoms. The maximum atomic E-state index is 10.4. The van der Waals surface area contributed by atoms with Gasteiger partial charge in [-0.3, -0.25) is 4.79 Å². The molecule has 0 saturated heterocycles. The second-order valence-corrected chi connectivity index (χ2v) is 3.81. The monoisotopic (exact) mass is 186 g/mol. The van der Waals surface area contributed by atoms with E-state index in [-0.39, 0.29) is 0 Å². The normalized spacial score (nSPS) is 12.8. The fraction of sp³-hybridized carbons (Fsp3) is 0.429. The van der Waals surface area contributed by atoms with Crippen LogP contribution in [0.3, 0.4) is 0 Å². The summed E-state index contributed by atoms with van der Waals surface area (Å²) in [6.07, 6.45) is 2.03. The Morgan fingerprint density at radius 2 is 2.58 bits per heavy atom. The van der Waals surface area contributed by atoms with Gasteiger partial charge in [0.05, 0.1) is 5.01 Å². The van der Waals surface area contributed by atoms with Crippen molar-refractivity contribution < 1.29 is 9.90 Å². The van der Waals surface area contributed by atoms with Crippen LogP contribution in [0, 0.1) is 6.92 Å². The molecule has 0 spiro atoms. The molecule has 1 aromatic heterocycles. The quantitative estimate of drug-likeness (QED) is 0.716. The molecular formula is C7H10N2O2S. The Hall–Kier alpha value is -0.940. The Bertz CT molecular complexity index is 285. The molecule has 0 saturated carbocycles. The molecular weight excluding hydrogens is 176 g/mol. The standard InChI is InChI=1S/C7H10N2O2S/c1-4-9-3-5(12-4)2-6(8)7(10)11/h3,6H,2,8H2,1H3,(H,10,11). The molecule has 0 bridgehead atoms. The molecule has 1 unspecified atom stereocenters. The Labute approximate surface area is 74.0 Å². The van der Waals surface area contributed by atoms with E-state index < -0.39 is 12.0 Å². The third kappa shape index (κ3) is 2.28. The lowest BCUT2D eigenvalue weighted by molar-refractivity contribution is -0.138. The molecule has 0 aliphatic heterocycles. The summed E-state index contributed by atoms with van der Waals surface area (Å²) in [5.41, 5.74) is 5.34. The third-order valence-corrected chi connectivity index (χ3v) is 2.34. The number of hydrogen-bond acceptors (Lipinski definition) is 4. The maximum Gasteiger partial charge on any atom is 0.320 e. The first-order valence-electron chi connectivity index (χ1n) is 3.49. The lowest BCUT2D eigenvalue weighted by Gasteiger charge is -2.01. The number of rotatable bonds is 3. The molecule has 0 aromatic carbocycles. The first kappa shape index (κ1) is 9.15. The molecule has 66 valence electrons. The van der Waals surface area contributed by atoms with Gasteiger partial charge in [0.15, 0.2) is 0 Å². The molecule has 4 nitrogen and oxygen atoms in total. The van der Waals surface area contributed by atoms with Crippen LogP contribution in [-0.4, -0.2) is 22.1 Å². The van der Waals surface area contributed by atoms with Crippen LogP contribution in [0.4, 0.5) is 0 Å². The summed E-state index contributed by atoms with van der Waals surface area (Å²) >= 11 is 1.48. The number of carbonyl (C=O) groups is 1. The minimum absolute atomic E-state index is 0.362. The first-order chi connectivity index (χ1) is 5.59. The molecule has 0 amide bonds. The van der Waals surface area contributed by atoms with Gasteiger partial charge >= 0.3 is 5.97 Å². The van der Waals surface area contributed by atoms with Crippen LogP contribution < -0.4 is 5.73 Å². The SMILES string of the molecule is Cc1ncc(CC(N)C(=O)O)s1. The second-order valence-electron chi connectivity index (χ2n) is 2.49. The third-order valence-electron chi connectivity index (χ3n) is 1.41. The van der Waals surface area contributed by atoms with Crippen LogP contribution in [0.5, 0.6) is 0 Å². The van der Waals surface area contributed by atoms with E-state index in [9.17, 15) is 4.79 Å². The van der Waals surface area contributed by atoms with Crippen molar-refractivity contribution in [3.63, 3.8) is 0 Å². The fourth-order valence-electron chi connectivity index (χ4n) is 0.804. The van der Waals surface area contributed by atoms with Crippen LogP contribution in [0.15, 0.2) is 6.20 Å². The highest BCUT2D eigenvalue weighted by molar-refractivity contribution is 7.11. The zero-order valence-corrected chi connectivity index (χ0v) is 7.47. The van der Waals surface area contributed by atoms with E-state index in [0.717, 1.165) is 9.88 Å². The number of thiazole rings is 1. The van der Waals surface area contributed by atoms with E-state index in [4.69, 9.17) is 10.8 Å². The first-order valence-corrected chi connectivity index (χ1v) is 4.31. The average molecular weight is 186 g/mol. The molecule has 1 aromatic rings. The van der Waals surface area contributed by atoms with Gasteiger partial charge in [0.2, 0.25) is 0 Å². The van der Waals surface area contributed by atoms with Crippen molar-refractivity contribution in [3.8, 4) is 0 Å². The molecule has 1 atom stereocenters. The number of nitrogens with two attached hydrogens (primary N) is 1. The summed E-state index contributed by atoms with van der Waals surface area (Å²) in [6, 6.07) is -0.815. The number of aromatic nitrogens is 1. The summed E-state index contributed by atoms with van der Waals surface area (Å²) in [4.78, 5) is 15.3. The van der Waals surface area contributed by atoms with Crippen molar-refractivity contribution in [2.24, 2.45) is 5.73 Å². The molecule has 1 rings (SSSR count). The zero-order chi connectivity index (χ0) is 9.14. The number of carboxylic acids is 1. The average Bonchev–Trinajstić information content (AvgIpc) is 2.35. The van der Waals surface area contributed by atoms with Crippen molar-refractivity contribution in [2.45, 2.75) is 19.4 Å². The summed E-state index contributed by atoms with van der Waals surface area (Å²) in [5.74, 6) is -0.971. The van der Waals surface area contributed by atoms with Gasteiger partial charge in [0.25, 0.3) is 0 Å². The maximum absolute atomic E-state index is 10.4. The van der Waals surface area contributed by atoms with E-state index in [1.807, 2.05) is 6.92 Å². The Balaban J connectivity index is 2.58. The van der Waals surface area contributed by atoms with Gasteiger partial charge in [-0.1, -0.05) is 0 Å². The van der Waals surface area contributed by atoms with Crippen LogP contribution in [-0.2, 0) is 11.2 Å². The minimum atomic E-state index is -0.971. The van der Waals surface area contributed by atoms with Gasteiger partial charge in [-0.15, -0.1) is 11.3 Å². The molecule has 1 heterocycles. The lowest BCUT2D eigenvalue weighted by Crippen LogP contribution is -2.31.